The number of thioether (sulfide) groups is 1. The smallest absolute Gasteiger partial charge is 0.312 e. The van der Waals surface area contributed by atoms with E-state index in [1.165, 1.54) is 22.8 Å². The van der Waals surface area contributed by atoms with Crippen molar-refractivity contribution in [3.05, 3.63) is 127 Å². The fourth-order valence-corrected chi connectivity index (χ4v) is 7.65. The molecule has 1 saturated heterocycles. The fraction of sp³-hybridized carbons (Fsp3) is 0.404. The zero-order valence-corrected chi connectivity index (χ0v) is 33.1. The van der Waals surface area contributed by atoms with Crippen LogP contribution in [0.25, 0.3) is 10.9 Å². The molecule has 0 aliphatic carbocycles. The number of hydrogen-bond acceptors (Lipinski definition) is 7. The van der Waals surface area contributed by atoms with Gasteiger partial charge in [0.25, 0.3) is 0 Å². The van der Waals surface area contributed by atoms with Crippen LogP contribution in [0.5, 0.6) is 11.6 Å². The lowest BCUT2D eigenvalue weighted by Crippen LogP contribution is -2.47. The molecule has 1 fully saturated rings. The zero-order valence-electron chi connectivity index (χ0n) is 32.2. The molecule has 5 rings (SSSR count). The van der Waals surface area contributed by atoms with Gasteiger partial charge in [-0.2, -0.15) is 0 Å². The quantitative estimate of drug-likeness (QED) is 0.0576. The van der Waals surface area contributed by atoms with Crippen LogP contribution in [0.15, 0.2) is 126 Å². The van der Waals surface area contributed by atoms with Crippen LogP contribution < -0.4 is 14.4 Å². The van der Waals surface area contributed by atoms with E-state index in [4.69, 9.17) is 9.47 Å². The third kappa shape index (κ3) is 14.5. The third-order valence-corrected chi connectivity index (χ3v) is 10.6. The number of benzene rings is 2. The van der Waals surface area contributed by atoms with Crippen molar-refractivity contribution in [2.75, 3.05) is 50.0 Å². The topological polar surface area (TPSA) is 54.9 Å². The van der Waals surface area contributed by atoms with Crippen LogP contribution in [0.4, 0.5) is 5.69 Å². The van der Waals surface area contributed by atoms with Crippen LogP contribution in [-0.2, 0) is 11.2 Å². The number of rotatable bonds is 22. The predicted octanol–water partition coefficient (Wildman–Crippen LogP) is 11.2. The third-order valence-electron chi connectivity index (χ3n) is 9.54. The summed E-state index contributed by atoms with van der Waals surface area (Å²) < 4.78 is 11.6. The minimum atomic E-state index is -0.280. The number of carbonyl (C=O) groups is 1. The van der Waals surface area contributed by atoms with Gasteiger partial charge in [-0.15, -0.1) is 11.8 Å². The van der Waals surface area contributed by atoms with Gasteiger partial charge < -0.3 is 14.4 Å². The van der Waals surface area contributed by atoms with Gasteiger partial charge >= 0.3 is 5.97 Å². The summed E-state index contributed by atoms with van der Waals surface area (Å²) in [6, 6.07) is 16.4. The minimum Gasteiger partial charge on any atom is -0.494 e. The second-order valence-electron chi connectivity index (χ2n) is 13.7. The Hall–Kier alpha value is -4.33. The lowest BCUT2D eigenvalue weighted by Gasteiger charge is -2.37. The van der Waals surface area contributed by atoms with E-state index in [1.54, 1.807) is 11.6 Å². The maximum Gasteiger partial charge on any atom is 0.312 e. The van der Waals surface area contributed by atoms with E-state index in [-0.39, 0.29) is 5.97 Å². The highest BCUT2D eigenvalue weighted by Gasteiger charge is 2.22. The number of pyridine rings is 1. The van der Waals surface area contributed by atoms with Gasteiger partial charge in [0.15, 0.2) is 0 Å². The molecule has 0 bridgehead atoms. The van der Waals surface area contributed by atoms with Crippen molar-refractivity contribution >= 4 is 34.3 Å². The average Bonchev–Trinajstić information content (AvgIpc) is 3.68. The van der Waals surface area contributed by atoms with Gasteiger partial charge in [0.2, 0.25) is 5.88 Å². The Morgan fingerprint density at radius 3 is 2.15 bits per heavy atom. The van der Waals surface area contributed by atoms with Crippen molar-refractivity contribution in [2.45, 2.75) is 82.4 Å². The number of piperazine rings is 1. The number of fused-ring (bicyclic) bond motifs is 2. The Morgan fingerprint density at radius 1 is 0.778 bits per heavy atom. The Morgan fingerprint density at radius 2 is 1.44 bits per heavy atom. The fourth-order valence-electron chi connectivity index (χ4n) is 6.57. The summed E-state index contributed by atoms with van der Waals surface area (Å²) in [6.07, 6.45) is 36.2. The molecule has 0 radical (unpaired) electrons. The summed E-state index contributed by atoms with van der Waals surface area (Å²) in [6.45, 7) is 8.36. The number of allylic oxidation sites excluding steroid dienone is 12. The summed E-state index contributed by atoms with van der Waals surface area (Å²) in [4.78, 5) is 23.7. The molecule has 6 nitrogen and oxygen atoms in total. The van der Waals surface area contributed by atoms with E-state index in [1.807, 2.05) is 42.1 Å². The molecule has 286 valence electrons. The van der Waals surface area contributed by atoms with E-state index in [0.29, 0.717) is 25.3 Å². The Kier molecular flexibility index (Phi) is 18.3. The Balaban J connectivity index is 0.904. The van der Waals surface area contributed by atoms with E-state index in [0.717, 1.165) is 101 Å². The molecule has 2 aromatic carbocycles. The SMILES string of the molecule is CC/C=C\C/C=C\C/C=C\C/C=C\C/C=C\C/C=C\CCC(=O)Oc1ccc2ccc(OCCCCN3CCN(c4cccc5c4CCS5)CC3)cc2n1. The average molecular weight is 746 g/mol. The van der Waals surface area contributed by atoms with Gasteiger partial charge in [0, 0.05) is 66.5 Å². The van der Waals surface area contributed by atoms with Crippen molar-refractivity contribution in [3.63, 3.8) is 0 Å². The lowest BCUT2D eigenvalue weighted by atomic mass is 10.1. The minimum absolute atomic E-state index is 0.280. The van der Waals surface area contributed by atoms with Crippen molar-refractivity contribution in [2.24, 2.45) is 0 Å². The van der Waals surface area contributed by atoms with Crippen LogP contribution in [-0.4, -0.2) is 60.9 Å². The zero-order chi connectivity index (χ0) is 37.5. The summed E-state index contributed by atoms with van der Waals surface area (Å²) in [7, 11) is 0. The molecule has 7 heteroatoms. The summed E-state index contributed by atoms with van der Waals surface area (Å²) in [5.41, 5.74) is 3.77. The van der Waals surface area contributed by atoms with Crippen LogP contribution in [0.1, 0.15) is 76.7 Å². The first kappa shape index (κ1) is 40.8. The number of carbonyl (C=O) groups excluding carboxylic acids is 1. The second-order valence-corrected chi connectivity index (χ2v) is 14.8. The highest BCUT2D eigenvalue weighted by atomic mass is 32.2. The molecule has 0 amide bonds. The first-order valence-electron chi connectivity index (χ1n) is 20.1. The number of hydrogen-bond donors (Lipinski definition) is 0. The second kappa shape index (κ2) is 24.2. The van der Waals surface area contributed by atoms with E-state index < -0.39 is 0 Å². The molecule has 1 aromatic heterocycles. The highest BCUT2D eigenvalue weighted by molar-refractivity contribution is 7.99. The molecule has 0 atom stereocenters. The lowest BCUT2D eigenvalue weighted by molar-refractivity contribution is -0.134. The van der Waals surface area contributed by atoms with Gasteiger partial charge in [-0.05, 0) is 107 Å². The molecular formula is C47H59N3O3S. The molecule has 0 N–H and O–H groups in total. The maximum atomic E-state index is 12.5. The number of anilines is 1. The number of esters is 1. The molecule has 2 aliphatic rings. The van der Waals surface area contributed by atoms with Crippen LogP contribution >= 0.6 is 11.8 Å². The van der Waals surface area contributed by atoms with Gasteiger partial charge in [0.1, 0.15) is 5.75 Å². The molecular weight excluding hydrogens is 687 g/mol. The highest BCUT2D eigenvalue weighted by Crippen LogP contribution is 2.37. The molecule has 0 saturated carbocycles. The van der Waals surface area contributed by atoms with Gasteiger partial charge in [0.05, 0.1) is 12.1 Å². The van der Waals surface area contributed by atoms with Crippen LogP contribution in [0, 0.1) is 0 Å². The van der Waals surface area contributed by atoms with Gasteiger partial charge in [-0.25, -0.2) is 4.98 Å². The number of nitrogens with zero attached hydrogens (tertiary/aromatic N) is 3. The molecule has 3 aromatic rings. The molecule has 0 unspecified atom stereocenters. The number of ether oxygens (including phenoxy) is 2. The molecule has 3 heterocycles. The summed E-state index contributed by atoms with van der Waals surface area (Å²) >= 11 is 1.99. The standard InChI is InChI=1S/C47H59N3O3S/c1-2-3-4-5-6-7-8-9-10-11-12-13-14-15-16-17-18-19-20-26-47(51)53-46-30-28-40-27-29-41(39-43(40)48-46)52-37-22-21-32-49-33-35-50(36-34-49)44-24-23-25-45-42(44)31-38-54-45/h3-4,6-7,9-10,12-13,15-16,18-19,23-25,27-30,39H,2,5,8,11,14,17,20-22,26,31-38H2,1H3/b4-3-,7-6-,10-9-,13-12-,16-15-,19-18-. The van der Waals surface area contributed by atoms with E-state index in [9.17, 15) is 4.79 Å². The number of aromatic nitrogens is 1. The summed E-state index contributed by atoms with van der Waals surface area (Å²) in [5.74, 6) is 2.05. The van der Waals surface area contributed by atoms with Crippen molar-refractivity contribution in [1.29, 1.82) is 0 Å². The molecule has 2 aliphatic heterocycles. The molecule has 54 heavy (non-hydrogen) atoms. The van der Waals surface area contributed by atoms with Gasteiger partial charge in [-0.3, -0.25) is 9.69 Å². The Bertz CT molecular complexity index is 1770. The van der Waals surface area contributed by atoms with Crippen LogP contribution in [0.3, 0.4) is 0 Å². The van der Waals surface area contributed by atoms with Crippen molar-refractivity contribution in [1.82, 2.24) is 9.88 Å². The largest absolute Gasteiger partial charge is 0.494 e. The van der Waals surface area contributed by atoms with E-state index >= 15 is 0 Å². The monoisotopic (exact) mass is 745 g/mol. The predicted molar refractivity (Wildman–Crippen MR) is 229 cm³/mol. The molecule has 0 spiro atoms. The maximum absolute atomic E-state index is 12.5. The van der Waals surface area contributed by atoms with Crippen molar-refractivity contribution in [3.8, 4) is 11.6 Å². The van der Waals surface area contributed by atoms with Gasteiger partial charge in [-0.1, -0.05) is 85.9 Å². The normalized spacial score (nSPS) is 15.4. The number of unbranched alkanes of at least 4 members (excludes halogenated alkanes) is 1. The first-order valence-corrected chi connectivity index (χ1v) is 21.0. The van der Waals surface area contributed by atoms with Crippen LogP contribution in [0.2, 0.25) is 0 Å². The first-order chi connectivity index (χ1) is 26.7. The van der Waals surface area contributed by atoms with Crippen molar-refractivity contribution < 1.29 is 14.3 Å². The van der Waals surface area contributed by atoms with E-state index in [2.05, 4.69) is 107 Å². The summed E-state index contributed by atoms with van der Waals surface area (Å²) in [5, 5.41) is 0.985. The Labute approximate surface area is 328 Å².